The summed E-state index contributed by atoms with van der Waals surface area (Å²) in [6, 6.07) is 0.980. The molecular formula is C9H11Cl2NO3Si. The van der Waals surface area contributed by atoms with Gasteiger partial charge in [0, 0.05) is 0 Å². The second-order valence-corrected chi connectivity index (χ2v) is 10.2. The van der Waals surface area contributed by atoms with Gasteiger partial charge in [-0.3, -0.25) is 10.1 Å². The lowest BCUT2D eigenvalue weighted by atomic mass is 10.3. The molecule has 1 rings (SSSR count). The van der Waals surface area contributed by atoms with Gasteiger partial charge in [0.1, 0.15) is 10.8 Å². The van der Waals surface area contributed by atoms with Crippen molar-refractivity contribution in [1.82, 2.24) is 0 Å². The summed E-state index contributed by atoms with van der Waals surface area (Å²) in [6.45, 7) is 5.84. The fraction of sp³-hybridized carbons (Fsp3) is 0.333. The third-order valence-electron chi connectivity index (χ3n) is 2.11. The van der Waals surface area contributed by atoms with Crippen molar-refractivity contribution in [2.24, 2.45) is 0 Å². The van der Waals surface area contributed by atoms with Crippen molar-refractivity contribution in [3.05, 3.63) is 26.2 Å². The number of nitro groups is 1. The summed E-state index contributed by atoms with van der Waals surface area (Å²) in [5, 5.41) is 21.0. The Morgan fingerprint density at radius 2 is 1.81 bits per heavy atom. The molecule has 0 aliphatic rings. The minimum absolute atomic E-state index is 0.0342. The molecular weight excluding hydrogens is 269 g/mol. The highest BCUT2D eigenvalue weighted by molar-refractivity contribution is 6.91. The van der Waals surface area contributed by atoms with Crippen LogP contribution in [0.4, 0.5) is 5.69 Å². The lowest BCUT2D eigenvalue weighted by Gasteiger charge is -2.20. The SMILES string of the molecule is C[Si](C)(C)c1c(Cl)c(O)cc([N+](=O)[O-])c1Cl. The van der Waals surface area contributed by atoms with Crippen molar-refractivity contribution in [2.75, 3.05) is 0 Å². The van der Waals surface area contributed by atoms with E-state index in [1.165, 1.54) is 0 Å². The maximum atomic E-state index is 10.7. The standard InChI is InChI=1S/C9H11Cl2NO3Si/c1-16(2,3)9-7(10)5(12(14)15)4-6(13)8(9)11/h4,13H,1-3H3. The number of hydrogen-bond acceptors (Lipinski definition) is 3. The molecule has 0 saturated carbocycles. The lowest BCUT2D eigenvalue weighted by Crippen LogP contribution is -2.39. The molecule has 0 aliphatic heterocycles. The van der Waals surface area contributed by atoms with Crippen LogP contribution in [0.2, 0.25) is 29.7 Å². The van der Waals surface area contributed by atoms with Crippen molar-refractivity contribution in [1.29, 1.82) is 0 Å². The van der Waals surface area contributed by atoms with Gasteiger partial charge in [0.15, 0.2) is 0 Å². The Morgan fingerprint density at radius 3 is 2.19 bits per heavy atom. The van der Waals surface area contributed by atoms with Gasteiger partial charge in [0.25, 0.3) is 5.69 Å². The molecule has 1 aromatic carbocycles. The molecule has 0 heterocycles. The van der Waals surface area contributed by atoms with Gasteiger partial charge in [-0.05, 0) is 5.19 Å². The molecule has 4 nitrogen and oxygen atoms in total. The molecule has 0 unspecified atom stereocenters. The zero-order valence-corrected chi connectivity index (χ0v) is 11.6. The first kappa shape index (κ1) is 13.3. The molecule has 0 amide bonds. The zero-order chi connectivity index (χ0) is 12.7. The fourth-order valence-electron chi connectivity index (χ4n) is 1.40. The molecule has 0 radical (unpaired) electrons. The zero-order valence-electron chi connectivity index (χ0n) is 9.04. The highest BCUT2D eigenvalue weighted by atomic mass is 35.5. The summed E-state index contributed by atoms with van der Waals surface area (Å²) in [7, 11) is -1.96. The monoisotopic (exact) mass is 279 g/mol. The van der Waals surface area contributed by atoms with E-state index in [0.717, 1.165) is 6.07 Å². The third-order valence-corrected chi connectivity index (χ3v) is 5.19. The number of halogens is 2. The Hall–Kier alpha value is -0.783. The van der Waals surface area contributed by atoms with E-state index in [-0.39, 0.29) is 21.5 Å². The van der Waals surface area contributed by atoms with Crippen molar-refractivity contribution in [2.45, 2.75) is 19.6 Å². The molecule has 16 heavy (non-hydrogen) atoms. The quantitative estimate of drug-likeness (QED) is 0.514. The van der Waals surface area contributed by atoms with Crippen LogP contribution >= 0.6 is 23.2 Å². The highest BCUT2D eigenvalue weighted by Gasteiger charge is 2.30. The summed E-state index contributed by atoms with van der Waals surface area (Å²) in [5.74, 6) is -0.296. The number of benzene rings is 1. The predicted octanol–water partition coefficient (Wildman–Crippen LogP) is 3.15. The van der Waals surface area contributed by atoms with Crippen LogP contribution < -0.4 is 5.19 Å². The van der Waals surface area contributed by atoms with E-state index >= 15 is 0 Å². The van der Waals surface area contributed by atoms with Crippen molar-refractivity contribution >= 4 is 42.1 Å². The van der Waals surface area contributed by atoms with Crippen LogP contribution in [0.5, 0.6) is 5.75 Å². The summed E-state index contributed by atoms with van der Waals surface area (Å²) in [6.07, 6.45) is 0. The maximum absolute atomic E-state index is 10.7. The Bertz CT molecular complexity index is 457. The minimum Gasteiger partial charge on any atom is -0.506 e. The molecule has 1 N–H and O–H groups in total. The predicted molar refractivity (Wildman–Crippen MR) is 67.8 cm³/mol. The van der Waals surface area contributed by atoms with Crippen LogP contribution in [0.25, 0.3) is 0 Å². The average Bonchev–Trinajstić information content (AvgIpc) is 2.08. The molecule has 0 atom stereocenters. The summed E-state index contributed by atoms with van der Waals surface area (Å²) in [4.78, 5) is 10.1. The highest BCUT2D eigenvalue weighted by Crippen LogP contribution is 2.35. The first-order valence-electron chi connectivity index (χ1n) is 4.52. The maximum Gasteiger partial charge on any atom is 0.291 e. The third kappa shape index (κ3) is 2.31. The van der Waals surface area contributed by atoms with E-state index in [9.17, 15) is 15.2 Å². The number of nitro benzene ring substituents is 1. The first-order chi connectivity index (χ1) is 7.16. The van der Waals surface area contributed by atoms with Gasteiger partial charge in [-0.15, -0.1) is 0 Å². The molecule has 1 aromatic rings. The lowest BCUT2D eigenvalue weighted by molar-refractivity contribution is -0.384. The topological polar surface area (TPSA) is 63.4 Å². The molecule has 0 spiro atoms. The second kappa shape index (κ2) is 4.23. The Morgan fingerprint density at radius 1 is 1.31 bits per heavy atom. The van der Waals surface area contributed by atoms with Crippen LogP contribution in [-0.2, 0) is 0 Å². The Kier molecular flexibility index (Phi) is 3.52. The fourth-order valence-corrected chi connectivity index (χ4v) is 5.09. The van der Waals surface area contributed by atoms with Crippen molar-refractivity contribution in [3.8, 4) is 5.75 Å². The normalized spacial score (nSPS) is 11.6. The molecule has 7 heteroatoms. The summed E-state index contributed by atoms with van der Waals surface area (Å²) in [5.41, 5.74) is -0.305. The summed E-state index contributed by atoms with van der Waals surface area (Å²) < 4.78 is 0. The van der Waals surface area contributed by atoms with Gasteiger partial charge in [-0.2, -0.15) is 0 Å². The number of rotatable bonds is 2. The van der Waals surface area contributed by atoms with Crippen LogP contribution in [0.3, 0.4) is 0 Å². The molecule has 0 saturated heterocycles. The number of phenolic OH excluding ortho intramolecular Hbond substituents is 1. The van der Waals surface area contributed by atoms with E-state index in [1.54, 1.807) is 0 Å². The average molecular weight is 280 g/mol. The second-order valence-electron chi connectivity index (χ2n) is 4.42. The molecule has 0 bridgehead atoms. The van der Waals surface area contributed by atoms with Gasteiger partial charge in [-0.25, -0.2) is 0 Å². The number of aromatic hydroxyl groups is 1. The van der Waals surface area contributed by atoms with E-state index in [1.807, 2.05) is 19.6 Å². The van der Waals surface area contributed by atoms with Crippen molar-refractivity contribution < 1.29 is 10.0 Å². The van der Waals surface area contributed by atoms with Crippen LogP contribution in [0.1, 0.15) is 0 Å². The van der Waals surface area contributed by atoms with Crippen molar-refractivity contribution in [3.63, 3.8) is 0 Å². The smallest absolute Gasteiger partial charge is 0.291 e. The van der Waals surface area contributed by atoms with E-state index in [2.05, 4.69) is 0 Å². The first-order valence-corrected chi connectivity index (χ1v) is 8.77. The molecule has 88 valence electrons. The minimum atomic E-state index is -1.96. The van der Waals surface area contributed by atoms with Gasteiger partial charge >= 0.3 is 0 Å². The number of phenols is 1. The van der Waals surface area contributed by atoms with Gasteiger partial charge < -0.3 is 5.11 Å². The number of hydrogen-bond donors (Lipinski definition) is 1. The Balaban J connectivity index is 3.66. The van der Waals surface area contributed by atoms with Crippen LogP contribution in [0.15, 0.2) is 6.07 Å². The van der Waals surface area contributed by atoms with E-state index < -0.39 is 13.0 Å². The van der Waals surface area contributed by atoms with E-state index in [4.69, 9.17) is 23.2 Å². The van der Waals surface area contributed by atoms with Gasteiger partial charge in [-0.1, -0.05) is 42.8 Å². The largest absolute Gasteiger partial charge is 0.506 e. The van der Waals surface area contributed by atoms with Crippen LogP contribution in [-0.4, -0.2) is 18.1 Å². The van der Waals surface area contributed by atoms with Gasteiger partial charge in [0.2, 0.25) is 0 Å². The number of nitrogens with zero attached hydrogens (tertiary/aromatic N) is 1. The van der Waals surface area contributed by atoms with E-state index in [0.29, 0.717) is 5.19 Å². The molecule has 0 aromatic heterocycles. The Labute approximate surface area is 104 Å². The van der Waals surface area contributed by atoms with Crippen LogP contribution in [0, 0.1) is 10.1 Å². The molecule has 0 fully saturated rings. The molecule has 0 aliphatic carbocycles. The van der Waals surface area contributed by atoms with Gasteiger partial charge in [0.05, 0.1) is 24.1 Å². The summed E-state index contributed by atoms with van der Waals surface area (Å²) >= 11 is 11.9.